The van der Waals surface area contributed by atoms with E-state index >= 15 is 0 Å². The number of hydrogen-bond donors (Lipinski definition) is 2. The number of nitrogens with one attached hydrogen (secondary N) is 1. The summed E-state index contributed by atoms with van der Waals surface area (Å²) in [5.74, 6) is -0.0702. The van der Waals surface area contributed by atoms with Crippen molar-refractivity contribution in [2.24, 2.45) is 0 Å². The van der Waals surface area contributed by atoms with Crippen molar-refractivity contribution in [2.75, 3.05) is 0 Å². The van der Waals surface area contributed by atoms with Crippen LogP contribution in [0.25, 0.3) is 5.69 Å². The summed E-state index contributed by atoms with van der Waals surface area (Å²) in [7, 11) is 0. The molecule has 0 radical (unpaired) electrons. The largest absolute Gasteiger partial charge is 0.506 e. The van der Waals surface area contributed by atoms with E-state index in [1.165, 1.54) is 10.7 Å². The maximum absolute atomic E-state index is 12.0. The Labute approximate surface area is 124 Å². The van der Waals surface area contributed by atoms with Gasteiger partial charge in [-0.05, 0) is 32.4 Å². The fourth-order valence-electron chi connectivity index (χ4n) is 1.89. The van der Waals surface area contributed by atoms with Gasteiger partial charge in [0, 0.05) is 18.7 Å². The Morgan fingerprint density at radius 3 is 2.62 bits per heavy atom. The van der Waals surface area contributed by atoms with Gasteiger partial charge in [0.15, 0.2) is 0 Å². The van der Waals surface area contributed by atoms with Gasteiger partial charge in [-0.1, -0.05) is 24.6 Å². The number of benzene rings is 1. The monoisotopic (exact) mass is 287 g/mol. The fraction of sp³-hybridized carbons (Fsp3) is 0.375. The lowest BCUT2D eigenvalue weighted by Gasteiger charge is -2.13. The molecular formula is C16H21N3O2. The van der Waals surface area contributed by atoms with Crippen LogP contribution in [0.1, 0.15) is 31.5 Å². The van der Waals surface area contributed by atoms with Crippen molar-refractivity contribution >= 4 is 0 Å². The van der Waals surface area contributed by atoms with Crippen molar-refractivity contribution in [1.82, 2.24) is 15.1 Å². The first-order valence-corrected chi connectivity index (χ1v) is 7.14. The second-order valence-electron chi connectivity index (χ2n) is 5.25. The zero-order valence-electron chi connectivity index (χ0n) is 12.6. The average Bonchev–Trinajstić information content (AvgIpc) is 2.47. The van der Waals surface area contributed by atoms with E-state index in [-0.39, 0.29) is 11.3 Å². The Morgan fingerprint density at radius 1 is 1.33 bits per heavy atom. The molecule has 112 valence electrons. The molecule has 0 spiro atoms. The quantitative estimate of drug-likeness (QED) is 0.884. The second kappa shape index (κ2) is 6.54. The molecule has 2 N–H and O–H groups in total. The Balaban J connectivity index is 2.34. The predicted octanol–water partition coefficient (Wildman–Crippen LogP) is 2.13. The molecule has 5 nitrogen and oxygen atoms in total. The molecule has 0 aliphatic heterocycles. The Hall–Kier alpha value is -2.14. The summed E-state index contributed by atoms with van der Waals surface area (Å²) in [4.78, 5) is 12.0. The van der Waals surface area contributed by atoms with Gasteiger partial charge in [-0.15, -0.1) is 0 Å². The number of aryl methyl sites for hydroxylation is 1. The molecule has 1 heterocycles. The minimum absolute atomic E-state index is 0.0702. The molecule has 2 aromatic rings. The fourth-order valence-corrected chi connectivity index (χ4v) is 1.89. The number of rotatable bonds is 5. The zero-order chi connectivity index (χ0) is 15.4. The topological polar surface area (TPSA) is 67.2 Å². The second-order valence-corrected chi connectivity index (χ2v) is 5.25. The lowest BCUT2D eigenvalue weighted by Crippen LogP contribution is -2.28. The van der Waals surface area contributed by atoms with Crippen LogP contribution in [0.2, 0.25) is 0 Å². The Bertz CT molecular complexity index is 662. The third-order valence-electron chi connectivity index (χ3n) is 3.49. The molecule has 1 unspecified atom stereocenters. The van der Waals surface area contributed by atoms with E-state index in [9.17, 15) is 9.90 Å². The summed E-state index contributed by atoms with van der Waals surface area (Å²) in [6, 6.07) is 9.06. The van der Waals surface area contributed by atoms with E-state index in [1.807, 2.05) is 31.2 Å². The molecule has 21 heavy (non-hydrogen) atoms. The van der Waals surface area contributed by atoms with E-state index in [1.54, 1.807) is 0 Å². The molecule has 1 aromatic carbocycles. The maximum Gasteiger partial charge on any atom is 0.275 e. The van der Waals surface area contributed by atoms with E-state index in [4.69, 9.17) is 0 Å². The number of hydrogen-bond acceptors (Lipinski definition) is 4. The van der Waals surface area contributed by atoms with Crippen molar-refractivity contribution in [1.29, 1.82) is 0 Å². The van der Waals surface area contributed by atoms with Gasteiger partial charge in [0.05, 0.1) is 5.69 Å². The summed E-state index contributed by atoms with van der Waals surface area (Å²) in [5.41, 5.74) is 1.93. The summed E-state index contributed by atoms with van der Waals surface area (Å²) in [6.45, 7) is 6.55. The van der Waals surface area contributed by atoms with Gasteiger partial charge in [-0.3, -0.25) is 4.79 Å². The minimum Gasteiger partial charge on any atom is -0.506 e. The highest BCUT2D eigenvalue weighted by Crippen LogP contribution is 2.13. The highest BCUT2D eigenvalue weighted by molar-refractivity contribution is 5.35. The molecule has 0 aliphatic carbocycles. The van der Waals surface area contributed by atoms with Crippen LogP contribution in [0.4, 0.5) is 0 Å². The van der Waals surface area contributed by atoms with Gasteiger partial charge in [0.25, 0.3) is 5.56 Å². The molecule has 0 fully saturated rings. The van der Waals surface area contributed by atoms with Gasteiger partial charge in [-0.25, -0.2) is 0 Å². The lowest BCUT2D eigenvalue weighted by molar-refractivity contribution is 0.443. The SMILES string of the molecule is CCC(C)NCc1nn(-c2ccc(C)cc2)c(=O)cc1O. The molecule has 0 aliphatic rings. The molecule has 0 saturated carbocycles. The van der Waals surface area contributed by atoms with E-state index < -0.39 is 0 Å². The highest BCUT2D eigenvalue weighted by atomic mass is 16.3. The van der Waals surface area contributed by atoms with Crippen LogP contribution in [-0.2, 0) is 6.54 Å². The lowest BCUT2D eigenvalue weighted by atomic mass is 10.2. The summed E-state index contributed by atoms with van der Waals surface area (Å²) in [6.07, 6.45) is 0.984. The van der Waals surface area contributed by atoms with Crippen molar-refractivity contribution in [3.8, 4) is 11.4 Å². The van der Waals surface area contributed by atoms with Crippen LogP contribution in [-0.4, -0.2) is 20.9 Å². The van der Waals surface area contributed by atoms with Crippen LogP contribution in [0.5, 0.6) is 5.75 Å². The first-order valence-electron chi connectivity index (χ1n) is 7.14. The first-order chi connectivity index (χ1) is 10.0. The van der Waals surface area contributed by atoms with Gasteiger partial charge in [-0.2, -0.15) is 9.78 Å². The van der Waals surface area contributed by atoms with Crippen LogP contribution in [0.3, 0.4) is 0 Å². The average molecular weight is 287 g/mol. The van der Waals surface area contributed by atoms with Crippen molar-refractivity contribution in [3.63, 3.8) is 0 Å². The smallest absolute Gasteiger partial charge is 0.275 e. The molecule has 0 saturated heterocycles. The van der Waals surface area contributed by atoms with Crippen LogP contribution >= 0.6 is 0 Å². The van der Waals surface area contributed by atoms with Gasteiger partial charge >= 0.3 is 0 Å². The minimum atomic E-state index is -0.344. The number of aromatic hydroxyl groups is 1. The van der Waals surface area contributed by atoms with Crippen molar-refractivity contribution in [3.05, 3.63) is 51.9 Å². The maximum atomic E-state index is 12.0. The van der Waals surface area contributed by atoms with Crippen LogP contribution in [0, 0.1) is 6.92 Å². The molecule has 0 amide bonds. The van der Waals surface area contributed by atoms with Crippen molar-refractivity contribution in [2.45, 2.75) is 39.8 Å². The summed E-state index contributed by atoms with van der Waals surface area (Å²) >= 11 is 0. The molecule has 1 aromatic heterocycles. The standard InChI is InChI=1S/C16H21N3O2/c1-4-12(3)17-10-14-15(20)9-16(21)19(18-14)13-7-5-11(2)6-8-13/h5-9,12,17,20H,4,10H2,1-3H3. The van der Waals surface area contributed by atoms with Crippen LogP contribution in [0.15, 0.2) is 35.1 Å². The normalized spacial score (nSPS) is 12.3. The van der Waals surface area contributed by atoms with Gasteiger partial charge in [0.2, 0.25) is 0 Å². The summed E-state index contributed by atoms with van der Waals surface area (Å²) < 4.78 is 1.31. The highest BCUT2D eigenvalue weighted by Gasteiger charge is 2.10. The van der Waals surface area contributed by atoms with E-state index in [2.05, 4.69) is 24.3 Å². The molecule has 1 atom stereocenters. The Morgan fingerprint density at radius 2 is 2.00 bits per heavy atom. The van der Waals surface area contributed by atoms with Crippen molar-refractivity contribution < 1.29 is 5.11 Å². The van der Waals surface area contributed by atoms with Gasteiger partial charge in [0.1, 0.15) is 11.4 Å². The van der Waals surface area contributed by atoms with Gasteiger partial charge < -0.3 is 10.4 Å². The summed E-state index contributed by atoms with van der Waals surface area (Å²) in [5, 5.41) is 17.4. The molecule has 2 rings (SSSR count). The molecule has 5 heteroatoms. The predicted molar refractivity (Wildman–Crippen MR) is 82.8 cm³/mol. The van der Waals surface area contributed by atoms with Crippen LogP contribution < -0.4 is 10.9 Å². The number of aromatic nitrogens is 2. The van der Waals surface area contributed by atoms with E-state index in [0.717, 1.165) is 12.0 Å². The zero-order valence-corrected chi connectivity index (χ0v) is 12.6. The third kappa shape index (κ3) is 3.70. The molecular weight excluding hydrogens is 266 g/mol. The number of nitrogens with zero attached hydrogens (tertiary/aromatic N) is 2. The molecule has 0 bridgehead atoms. The first kappa shape index (κ1) is 15.3. The third-order valence-corrected chi connectivity index (χ3v) is 3.49. The van der Waals surface area contributed by atoms with E-state index in [0.29, 0.717) is 24.0 Å². The Kier molecular flexibility index (Phi) is 4.75.